The lowest BCUT2D eigenvalue weighted by atomic mass is 9.80. The highest BCUT2D eigenvalue weighted by Crippen LogP contribution is 2.30. The first kappa shape index (κ1) is 18.9. The minimum Gasteiger partial charge on any atom is -0.396 e. The van der Waals surface area contributed by atoms with Crippen molar-refractivity contribution < 1.29 is 26.7 Å². The van der Waals surface area contributed by atoms with E-state index in [-0.39, 0.29) is 13.2 Å². The molecule has 0 spiro atoms. The van der Waals surface area contributed by atoms with E-state index < -0.39 is 37.8 Å². The molecule has 0 radical (unpaired) electrons. The van der Waals surface area contributed by atoms with Gasteiger partial charge in [0, 0.05) is 13.2 Å². The van der Waals surface area contributed by atoms with E-state index in [1.54, 1.807) is 0 Å². The quantitative estimate of drug-likeness (QED) is 0.716. The number of benzene rings is 1. The molecule has 4 nitrogen and oxygen atoms in total. The highest BCUT2D eigenvalue weighted by Gasteiger charge is 2.28. The Bertz CT molecular complexity index is 593. The lowest BCUT2D eigenvalue weighted by Crippen LogP contribution is -2.37. The number of rotatable bonds is 8. The number of aliphatic hydroxyl groups is 1. The van der Waals surface area contributed by atoms with E-state index in [0.29, 0.717) is 31.4 Å². The van der Waals surface area contributed by atoms with Gasteiger partial charge in [0.25, 0.3) is 0 Å². The standard InChI is InChI=1S/C14H20F3NO3S/c1-3-14(4-2,5-6-19)9-18-22(20,21)10-7-11(15)13(17)12(16)8-10/h7-8,18-19H,3-6,9H2,1-2H3. The predicted octanol–water partition coefficient (Wildman–Crippen LogP) is 2.57. The molecular weight excluding hydrogens is 319 g/mol. The SMILES string of the molecule is CCC(CC)(CCO)CNS(=O)(=O)c1cc(F)c(F)c(F)c1. The Labute approximate surface area is 128 Å². The van der Waals surface area contributed by atoms with E-state index in [1.807, 2.05) is 13.8 Å². The van der Waals surface area contributed by atoms with Gasteiger partial charge in [0.2, 0.25) is 10.0 Å². The molecule has 0 unspecified atom stereocenters. The molecular formula is C14H20F3NO3S. The Morgan fingerprint density at radius 3 is 2.05 bits per heavy atom. The maximum Gasteiger partial charge on any atom is 0.240 e. The van der Waals surface area contributed by atoms with Crippen LogP contribution in [-0.2, 0) is 10.0 Å². The summed E-state index contributed by atoms with van der Waals surface area (Å²) >= 11 is 0. The summed E-state index contributed by atoms with van der Waals surface area (Å²) in [5, 5.41) is 9.10. The molecule has 0 aliphatic rings. The van der Waals surface area contributed by atoms with Gasteiger partial charge in [-0.15, -0.1) is 0 Å². The number of aliphatic hydroxyl groups excluding tert-OH is 1. The molecule has 0 aromatic heterocycles. The van der Waals surface area contributed by atoms with Crippen LogP contribution in [0.4, 0.5) is 13.2 Å². The summed E-state index contributed by atoms with van der Waals surface area (Å²) in [6.45, 7) is 3.65. The molecule has 8 heteroatoms. The topological polar surface area (TPSA) is 66.4 Å². The fourth-order valence-corrected chi connectivity index (χ4v) is 3.38. The van der Waals surface area contributed by atoms with Crippen LogP contribution in [0.1, 0.15) is 33.1 Å². The number of nitrogens with one attached hydrogen (secondary N) is 1. The summed E-state index contributed by atoms with van der Waals surface area (Å²) in [5.74, 6) is -4.84. The van der Waals surface area contributed by atoms with E-state index in [1.165, 1.54) is 0 Å². The van der Waals surface area contributed by atoms with Gasteiger partial charge in [-0.2, -0.15) is 0 Å². The van der Waals surface area contributed by atoms with Crippen molar-refractivity contribution in [2.75, 3.05) is 13.2 Å². The monoisotopic (exact) mass is 339 g/mol. The van der Waals surface area contributed by atoms with Crippen LogP contribution in [0.25, 0.3) is 0 Å². The predicted molar refractivity (Wildman–Crippen MR) is 76.2 cm³/mol. The van der Waals surface area contributed by atoms with Gasteiger partial charge >= 0.3 is 0 Å². The lowest BCUT2D eigenvalue weighted by Gasteiger charge is -2.31. The summed E-state index contributed by atoms with van der Waals surface area (Å²) in [4.78, 5) is -0.672. The Hall–Kier alpha value is -1.12. The second-order valence-corrected chi connectivity index (χ2v) is 6.97. The molecule has 2 N–H and O–H groups in total. The summed E-state index contributed by atoms with van der Waals surface area (Å²) in [5.41, 5.74) is -0.445. The van der Waals surface area contributed by atoms with Gasteiger partial charge in [-0.25, -0.2) is 26.3 Å². The fourth-order valence-electron chi connectivity index (χ4n) is 2.20. The van der Waals surface area contributed by atoms with Crippen LogP contribution >= 0.6 is 0 Å². The average molecular weight is 339 g/mol. The molecule has 0 saturated heterocycles. The Morgan fingerprint density at radius 2 is 1.64 bits per heavy atom. The van der Waals surface area contributed by atoms with Gasteiger partial charge in [-0.05, 0) is 36.8 Å². The maximum atomic E-state index is 13.2. The molecule has 1 aromatic rings. The number of halogens is 3. The van der Waals surface area contributed by atoms with Gasteiger partial charge in [0.15, 0.2) is 17.5 Å². The third-order valence-corrected chi connectivity index (χ3v) is 5.43. The average Bonchev–Trinajstić information content (AvgIpc) is 2.48. The first-order chi connectivity index (χ1) is 10.2. The van der Waals surface area contributed by atoms with Crippen molar-refractivity contribution in [3.8, 4) is 0 Å². The van der Waals surface area contributed by atoms with Gasteiger partial charge in [-0.1, -0.05) is 13.8 Å². The normalized spacial score (nSPS) is 12.6. The van der Waals surface area contributed by atoms with Gasteiger partial charge in [0.05, 0.1) is 4.90 Å². The zero-order chi connectivity index (χ0) is 17.0. The third-order valence-electron chi connectivity index (χ3n) is 4.05. The van der Waals surface area contributed by atoms with Crippen molar-refractivity contribution in [1.82, 2.24) is 4.72 Å². The summed E-state index contributed by atoms with van der Waals surface area (Å²) in [6, 6.07) is 0.874. The van der Waals surface area contributed by atoms with Gasteiger partial charge < -0.3 is 5.11 Å². The molecule has 0 fully saturated rings. The maximum absolute atomic E-state index is 13.2. The zero-order valence-corrected chi connectivity index (χ0v) is 13.3. The molecule has 22 heavy (non-hydrogen) atoms. The molecule has 0 bridgehead atoms. The first-order valence-electron chi connectivity index (χ1n) is 6.96. The molecule has 0 aliphatic carbocycles. The van der Waals surface area contributed by atoms with Crippen molar-refractivity contribution in [1.29, 1.82) is 0 Å². The van der Waals surface area contributed by atoms with Crippen LogP contribution in [0, 0.1) is 22.9 Å². The van der Waals surface area contributed by atoms with Crippen LogP contribution < -0.4 is 4.72 Å². The molecule has 0 heterocycles. The van der Waals surface area contributed by atoms with Crippen LogP contribution in [-0.4, -0.2) is 26.7 Å². The summed E-state index contributed by atoms with van der Waals surface area (Å²) in [6.07, 6.45) is 1.64. The first-order valence-corrected chi connectivity index (χ1v) is 8.44. The molecule has 1 aromatic carbocycles. The third kappa shape index (κ3) is 4.21. The zero-order valence-electron chi connectivity index (χ0n) is 12.5. The van der Waals surface area contributed by atoms with Gasteiger partial charge in [0.1, 0.15) is 0 Å². The van der Waals surface area contributed by atoms with Crippen molar-refractivity contribution in [3.05, 3.63) is 29.6 Å². The van der Waals surface area contributed by atoms with Crippen molar-refractivity contribution >= 4 is 10.0 Å². The number of sulfonamides is 1. The van der Waals surface area contributed by atoms with Crippen LogP contribution in [0.15, 0.2) is 17.0 Å². The molecule has 1 rings (SSSR count). The second kappa shape index (κ2) is 7.43. The Morgan fingerprint density at radius 1 is 1.14 bits per heavy atom. The summed E-state index contributed by atoms with van der Waals surface area (Å²) in [7, 11) is -4.17. The van der Waals surface area contributed by atoms with E-state index in [9.17, 15) is 21.6 Å². The van der Waals surface area contributed by atoms with E-state index >= 15 is 0 Å². The molecule has 0 atom stereocenters. The second-order valence-electron chi connectivity index (χ2n) is 5.21. The van der Waals surface area contributed by atoms with E-state index in [2.05, 4.69) is 4.72 Å². The minimum absolute atomic E-state index is 0.0174. The number of hydrogen-bond donors (Lipinski definition) is 2. The smallest absolute Gasteiger partial charge is 0.240 e. The van der Waals surface area contributed by atoms with Crippen LogP contribution in [0.5, 0.6) is 0 Å². The fraction of sp³-hybridized carbons (Fsp3) is 0.571. The molecule has 126 valence electrons. The lowest BCUT2D eigenvalue weighted by molar-refractivity contribution is 0.170. The van der Waals surface area contributed by atoms with E-state index in [0.717, 1.165) is 0 Å². The van der Waals surface area contributed by atoms with Crippen molar-refractivity contribution in [3.63, 3.8) is 0 Å². The Balaban J connectivity index is 3.01. The van der Waals surface area contributed by atoms with Crippen LogP contribution in [0.3, 0.4) is 0 Å². The van der Waals surface area contributed by atoms with Crippen molar-refractivity contribution in [2.45, 2.75) is 38.0 Å². The van der Waals surface area contributed by atoms with Crippen molar-refractivity contribution in [2.24, 2.45) is 5.41 Å². The molecule has 0 amide bonds. The number of hydrogen-bond acceptors (Lipinski definition) is 3. The van der Waals surface area contributed by atoms with E-state index in [4.69, 9.17) is 5.11 Å². The molecule has 0 saturated carbocycles. The molecule has 0 aliphatic heterocycles. The van der Waals surface area contributed by atoms with Gasteiger partial charge in [-0.3, -0.25) is 0 Å². The highest BCUT2D eigenvalue weighted by molar-refractivity contribution is 7.89. The van der Waals surface area contributed by atoms with Crippen LogP contribution in [0.2, 0.25) is 0 Å². The minimum atomic E-state index is -4.17. The largest absolute Gasteiger partial charge is 0.396 e. The highest BCUT2D eigenvalue weighted by atomic mass is 32.2. The summed E-state index contributed by atoms with van der Waals surface area (Å²) < 4.78 is 65.7. The Kier molecular flexibility index (Phi) is 6.39.